The minimum atomic E-state index is -0.972. The van der Waals surface area contributed by atoms with E-state index in [1.807, 2.05) is 18.2 Å². The maximum atomic E-state index is 12.3. The van der Waals surface area contributed by atoms with E-state index in [1.54, 1.807) is 6.92 Å². The zero-order valence-electron chi connectivity index (χ0n) is 14.0. The Kier molecular flexibility index (Phi) is 4.55. The first-order valence-corrected chi connectivity index (χ1v) is 8.20. The second-order valence-corrected chi connectivity index (χ2v) is 6.61. The van der Waals surface area contributed by atoms with Gasteiger partial charge in [-0.05, 0) is 43.0 Å². The quantitative estimate of drug-likeness (QED) is 0.661. The van der Waals surface area contributed by atoms with Gasteiger partial charge >= 0.3 is 0 Å². The van der Waals surface area contributed by atoms with Gasteiger partial charge < -0.3 is 10.4 Å². The molecule has 3 rings (SSSR count). The van der Waals surface area contributed by atoms with Crippen molar-refractivity contribution in [2.45, 2.75) is 31.8 Å². The summed E-state index contributed by atoms with van der Waals surface area (Å²) < 4.78 is 0. The molecule has 0 spiro atoms. The lowest BCUT2D eigenvalue weighted by Gasteiger charge is -2.33. The first-order valence-electron chi connectivity index (χ1n) is 8.20. The highest BCUT2D eigenvalue weighted by Crippen LogP contribution is 2.28. The van der Waals surface area contributed by atoms with E-state index in [-0.39, 0.29) is 18.1 Å². The lowest BCUT2D eigenvalue weighted by atomic mass is 9.80. The number of nitro benzene ring substituents is 1. The van der Waals surface area contributed by atoms with Crippen molar-refractivity contribution in [3.63, 3.8) is 0 Å². The summed E-state index contributed by atoms with van der Waals surface area (Å²) in [5.74, 6) is -0.342. The molecule has 1 unspecified atom stereocenters. The molecule has 0 fully saturated rings. The van der Waals surface area contributed by atoms with Crippen LogP contribution in [0.15, 0.2) is 42.5 Å². The van der Waals surface area contributed by atoms with Crippen molar-refractivity contribution in [3.05, 3.63) is 74.8 Å². The fourth-order valence-corrected chi connectivity index (χ4v) is 3.28. The van der Waals surface area contributed by atoms with E-state index in [2.05, 4.69) is 11.4 Å². The van der Waals surface area contributed by atoms with E-state index in [0.29, 0.717) is 24.0 Å². The van der Waals surface area contributed by atoms with Gasteiger partial charge in [0.05, 0.1) is 10.5 Å². The second-order valence-electron chi connectivity index (χ2n) is 6.61. The van der Waals surface area contributed by atoms with E-state index in [4.69, 9.17) is 0 Å². The number of rotatable bonds is 4. The van der Waals surface area contributed by atoms with Crippen molar-refractivity contribution in [3.8, 4) is 0 Å². The van der Waals surface area contributed by atoms with Crippen molar-refractivity contribution in [1.29, 1.82) is 0 Å². The number of carbonyl (C=O) groups is 1. The maximum Gasteiger partial charge on any atom is 0.272 e. The number of aryl methyl sites for hydroxylation is 2. The highest BCUT2D eigenvalue weighted by atomic mass is 16.6. The second kappa shape index (κ2) is 6.64. The number of nitrogens with one attached hydrogen (secondary N) is 1. The number of nitrogens with zero attached hydrogens (tertiary/aromatic N) is 1. The van der Waals surface area contributed by atoms with Crippen LogP contribution in [0.25, 0.3) is 0 Å². The van der Waals surface area contributed by atoms with E-state index in [0.717, 1.165) is 12.0 Å². The van der Waals surface area contributed by atoms with Gasteiger partial charge in [-0.15, -0.1) is 0 Å². The highest BCUT2D eigenvalue weighted by molar-refractivity contribution is 5.94. The Bertz CT molecular complexity index is 834. The minimum Gasteiger partial charge on any atom is -0.388 e. The van der Waals surface area contributed by atoms with Gasteiger partial charge in [-0.1, -0.05) is 24.3 Å². The summed E-state index contributed by atoms with van der Waals surface area (Å²) in [7, 11) is 0. The zero-order chi connectivity index (χ0) is 18.0. The van der Waals surface area contributed by atoms with Crippen LogP contribution >= 0.6 is 0 Å². The molecule has 0 radical (unpaired) electrons. The Hall–Kier alpha value is -2.73. The summed E-state index contributed by atoms with van der Waals surface area (Å²) in [5.41, 5.74) is 2.14. The Morgan fingerprint density at radius 1 is 1.28 bits per heavy atom. The first kappa shape index (κ1) is 17.1. The van der Waals surface area contributed by atoms with Crippen LogP contribution in [0.5, 0.6) is 0 Å². The fraction of sp³-hybridized carbons (Fsp3) is 0.316. The molecule has 25 heavy (non-hydrogen) atoms. The average molecular weight is 340 g/mol. The van der Waals surface area contributed by atoms with Crippen LogP contribution in [-0.4, -0.2) is 28.1 Å². The number of carbonyl (C=O) groups excluding carboxylic acids is 1. The molecule has 2 N–H and O–H groups in total. The topological polar surface area (TPSA) is 92.5 Å². The summed E-state index contributed by atoms with van der Waals surface area (Å²) in [6.45, 7) is 1.75. The van der Waals surface area contributed by atoms with Crippen LogP contribution in [0, 0.1) is 17.0 Å². The maximum absolute atomic E-state index is 12.3. The van der Waals surface area contributed by atoms with E-state index in [1.165, 1.54) is 23.8 Å². The normalized spacial score (nSPS) is 19.1. The van der Waals surface area contributed by atoms with Crippen molar-refractivity contribution in [2.24, 2.45) is 0 Å². The van der Waals surface area contributed by atoms with Crippen LogP contribution in [0.4, 0.5) is 5.69 Å². The SMILES string of the molecule is Cc1cc(C(=O)NCC2(O)CCc3ccccc3C2)ccc1[N+](=O)[O-]. The first-order chi connectivity index (χ1) is 11.9. The molecule has 1 aliphatic carbocycles. The number of hydrogen-bond donors (Lipinski definition) is 2. The third-order valence-corrected chi connectivity index (χ3v) is 4.73. The number of aliphatic hydroxyl groups is 1. The number of amides is 1. The van der Waals surface area contributed by atoms with Gasteiger partial charge in [-0.2, -0.15) is 0 Å². The Morgan fingerprint density at radius 3 is 2.68 bits per heavy atom. The molecule has 6 nitrogen and oxygen atoms in total. The monoisotopic (exact) mass is 340 g/mol. The molecule has 2 aromatic carbocycles. The fourth-order valence-electron chi connectivity index (χ4n) is 3.28. The summed E-state index contributed by atoms with van der Waals surface area (Å²) in [6.07, 6.45) is 1.87. The number of benzene rings is 2. The molecule has 0 aromatic heterocycles. The minimum absolute atomic E-state index is 0.0148. The predicted octanol–water partition coefficient (Wildman–Crippen LogP) is 2.55. The lowest BCUT2D eigenvalue weighted by molar-refractivity contribution is -0.385. The van der Waals surface area contributed by atoms with Crippen LogP contribution < -0.4 is 5.32 Å². The van der Waals surface area contributed by atoms with Gasteiger partial charge in [0, 0.05) is 30.2 Å². The molecule has 6 heteroatoms. The third-order valence-electron chi connectivity index (χ3n) is 4.73. The molecule has 0 bridgehead atoms. The summed E-state index contributed by atoms with van der Waals surface area (Å²) in [4.78, 5) is 22.7. The Labute approximate surface area is 145 Å². The lowest BCUT2D eigenvalue weighted by Crippen LogP contribution is -2.46. The van der Waals surface area contributed by atoms with Crippen molar-refractivity contribution in [2.75, 3.05) is 6.54 Å². The number of nitro groups is 1. The molecule has 1 atom stereocenters. The van der Waals surface area contributed by atoms with Gasteiger partial charge in [-0.3, -0.25) is 14.9 Å². The van der Waals surface area contributed by atoms with Crippen LogP contribution in [0.3, 0.4) is 0 Å². The molecular formula is C19H20N2O4. The van der Waals surface area contributed by atoms with Crippen LogP contribution in [-0.2, 0) is 12.8 Å². The standard InChI is InChI=1S/C19H20N2O4/c1-13-10-15(6-7-17(13)21(24)25)18(22)20-12-19(23)9-8-14-4-2-3-5-16(14)11-19/h2-7,10,23H,8-9,11-12H2,1H3,(H,20,22). The van der Waals surface area contributed by atoms with E-state index < -0.39 is 10.5 Å². The average Bonchev–Trinajstić information content (AvgIpc) is 2.59. The van der Waals surface area contributed by atoms with Gasteiger partial charge in [0.25, 0.3) is 11.6 Å². The Balaban J connectivity index is 1.66. The molecule has 0 heterocycles. The van der Waals surface area contributed by atoms with Crippen molar-refractivity contribution < 1.29 is 14.8 Å². The third kappa shape index (κ3) is 3.69. The summed E-state index contributed by atoms with van der Waals surface area (Å²) in [6, 6.07) is 12.3. The smallest absolute Gasteiger partial charge is 0.272 e. The van der Waals surface area contributed by atoms with Crippen molar-refractivity contribution in [1.82, 2.24) is 5.32 Å². The molecular weight excluding hydrogens is 320 g/mol. The largest absolute Gasteiger partial charge is 0.388 e. The molecule has 0 saturated heterocycles. The van der Waals surface area contributed by atoms with Gasteiger partial charge in [0.2, 0.25) is 0 Å². The van der Waals surface area contributed by atoms with E-state index in [9.17, 15) is 20.0 Å². The summed E-state index contributed by atoms with van der Waals surface area (Å²) in [5, 5.41) is 24.4. The Morgan fingerprint density at radius 2 is 2.00 bits per heavy atom. The number of hydrogen-bond acceptors (Lipinski definition) is 4. The van der Waals surface area contributed by atoms with Gasteiger partial charge in [0.15, 0.2) is 0 Å². The van der Waals surface area contributed by atoms with Gasteiger partial charge in [0.1, 0.15) is 0 Å². The predicted molar refractivity (Wildman–Crippen MR) is 93.6 cm³/mol. The van der Waals surface area contributed by atoms with E-state index >= 15 is 0 Å². The van der Waals surface area contributed by atoms with Crippen molar-refractivity contribution >= 4 is 11.6 Å². The van der Waals surface area contributed by atoms with Crippen LogP contribution in [0.2, 0.25) is 0 Å². The van der Waals surface area contributed by atoms with Gasteiger partial charge in [-0.25, -0.2) is 0 Å². The zero-order valence-corrected chi connectivity index (χ0v) is 14.0. The molecule has 0 aliphatic heterocycles. The summed E-state index contributed by atoms with van der Waals surface area (Å²) >= 11 is 0. The molecule has 1 aliphatic rings. The molecule has 2 aromatic rings. The molecule has 0 saturated carbocycles. The molecule has 130 valence electrons. The van der Waals surface area contributed by atoms with Crippen LogP contribution in [0.1, 0.15) is 33.5 Å². The highest BCUT2D eigenvalue weighted by Gasteiger charge is 2.32. The number of fused-ring (bicyclic) bond motifs is 1. The molecule has 1 amide bonds.